The zero-order valence-corrected chi connectivity index (χ0v) is 26.0. The molecule has 1 fully saturated rings. The molecule has 1 aliphatic rings. The summed E-state index contributed by atoms with van der Waals surface area (Å²) in [6.07, 6.45) is 0. The summed E-state index contributed by atoms with van der Waals surface area (Å²) >= 11 is 0. The lowest BCUT2D eigenvalue weighted by atomic mass is 10.0. The molecule has 0 bridgehead atoms. The molecule has 1 heterocycles. The first-order chi connectivity index (χ1) is 21.2. The summed E-state index contributed by atoms with van der Waals surface area (Å²) in [5.74, 6) is -2.56. The maximum Gasteiger partial charge on any atom is 0.252 e. The smallest absolute Gasteiger partial charge is 0.252 e. The van der Waals surface area contributed by atoms with Crippen molar-refractivity contribution < 1.29 is 29.7 Å². The fraction of sp³-hybridized carbons (Fsp3) is 0.364. The predicted molar refractivity (Wildman–Crippen MR) is 170 cm³/mol. The van der Waals surface area contributed by atoms with Crippen LogP contribution in [0.1, 0.15) is 64.5 Å². The van der Waals surface area contributed by atoms with Crippen LogP contribution in [-0.2, 0) is 19.6 Å². The van der Waals surface area contributed by atoms with E-state index in [9.17, 15) is 29.7 Å². The molecule has 12 nitrogen and oxygen atoms in total. The largest absolute Gasteiger partial charge is 0.507 e. The Morgan fingerprint density at radius 3 is 0.933 bits per heavy atom. The highest BCUT2D eigenvalue weighted by molar-refractivity contribution is 5.97. The van der Waals surface area contributed by atoms with E-state index in [0.717, 1.165) is 16.7 Å². The average molecular weight is 619 g/mol. The van der Waals surface area contributed by atoms with Crippen LogP contribution in [0.2, 0.25) is 0 Å². The van der Waals surface area contributed by atoms with Crippen molar-refractivity contribution >= 4 is 17.7 Å². The third-order valence-electron chi connectivity index (χ3n) is 8.18. The minimum atomic E-state index is -0.708. The van der Waals surface area contributed by atoms with Gasteiger partial charge in [-0.15, -0.1) is 0 Å². The molecule has 240 valence electrons. The van der Waals surface area contributed by atoms with Gasteiger partial charge >= 0.3 is 0 Å². The molecule has 12 heteroatoms. The van der Waals surface area contributed by atoms with Crippen molar-refractivity contribution in [3.05, 3.63) is 86.5 Å². The van der Waals surface area contributed by atoms with Crippen molar-refractivity contribution in [1.82, 2.24) is 14.7 Å². The van der Waals surface area contributed by atoms with Crippen molar-refractivity contribution in [3.63, 3.8) is 0 Å². The molecule has 0 atom stereocenters. The molecule has 0 radical (unpaired) electrons. The molecule has 3 aromatic carbocycles. The summed E-state index contributed by atoms with van der Waals surface area (Å²) < 4.78 is 0. The molecule has 0 aliphatic carbocycles. The maximum atomic E-state index is 12.0. The zero-order valence-electron chi connectivity index (χ0n) is 26.0. The Hall–Kier alpha value is -4.65. The number of phenols is 3. The van der Waals surface area contributed by atoms with Gasteiger partial charge < -0.3 is 32.5 Å². The van der Waals surface area contributed by atoms with Gasteiger partial charge in [-0.2, -0.15) is 0 Å². The van der Waals surface area contributed by atoms with Crippen molar-refractivity contribution in [1.29, 1.82) is 0 Å². The summed E-state index contributed by atoms with van der Waals surface area (Å²) in [5.41, 5.74) is 20.9. The highest BCUT2D eigenvalue weighted by Gasteiger charge is 2.23. The van der Waals surface area contributed by atoms with Gasteiger partial charge in [-0.25, -0.2) is 0 Å². The van der Waals surface area contributed by atoms with Crippen molar-refractivity contribution in [3.8, 4) is 17.2 Å². The first kappa shape index (κ1) is 33.2. The van der Waals surface area contributed by atoms with E-state index in [0.29, 0.717) is 75.6 Å². The van der Waals surface area contributed by atoms with Crippen LogP contribution in [0.3, 0.4) is 0 Å². The number of nitrogens with two attached hydrogens (primary N) is 3. The average Bonchev–Trinajstić information content (AvgIpc) is 3.05. The third-order valence-corrected chi connectivity index (χ3v) is 8.18. The molecule has 1 saturated heterocycles. The Balaban J connectivity index is 1.65. The quantitative estimate of drug-likeness (QED) is 0.207. The number of carbonyl (C=O) groups excluding carboxylic acids is 3. The minimum Gasteiger partial charge on any atom is -0.507 e. The third kappa shape index (κ3) is 8.09. The molecule has 0 saturated carbocycles. The second kappa shape index (κ2) is 14.0. The number of primary amides is 3. The van der Waals surface area contributed by atoms with Gasteiger partial charge in [-0.05, 0) is 55.7 Å². The van der Waals surface area contributed by atoms with Crippen molar-refractivity contribution in [2.45, 2.75) is 40.4 Å². The monoisotopic (exact) mass is 618 g/mol. The Morgan fingerprint density at radius 1 is 0.511 bits per heavy atom. The molecule has 3 amide bonds. The highest BCUT2D eigenvalue weighted by atomic mass is 16.3. The van der Waals surface area contributed by atoms with E-state index in [4.69, 9.17) is 17.2 Å². The van der Waals surface area contributed by atoms with E-state index < -0.39 is 17.7 Å². The Morgan fingerprint density at radius 2 is 0.733 bits per heavy atom. The number of hydrogen-bond acceptors (Lipinski definition) is 9. The van der Waals surface area contributed by atoms with Crippen LogP contribution in [0.15, 0.2) is 36.4 Å². The van der Waals surface area contributed by atoms with E-state index in [2.05, 4.69) is 14.7 Å². The molecule has 0 aromatic heterocycles. The number of rotatable bonds is 9. The summed E-state index contributed by atoms with van der Waals surface area (Å²) in [6.45, 7) is 10.1. The Bertz CT molecular complexity index is 1420. The van der Waals surface area contributed by atoms with E-state index in [-0.39, 0.29) is 33.9 Å². The van der Waals surface area contributed by atoms with Crippen molar-refractivity contribution in [2.75, 3.05) is 39.3 Å². The van der Waals surface area contributed by atoms with E-state index in [1.54, 1.807) is 18.2 Å². The number of amides is 3. The summed E-state index contributed by atoms with van der Waals surface area (Å²) in [4.78, 5) is 42.4. The van der Waals surface area contributed by atoms with Gasteiger partial charge in [0.2, 0.25) is 0 Å². The van der Waals surface area contributed by atoms with E-state index >= 15 is 0 Å². The predicted octanol–water partition coefficient (Wildman–Crippen LogP) is 1.85. The molecule has 1 aliphatic heterocycles. The van der Waals surface area contributed by atoms with Gasteiger partial charge in [0.15, 0.2) is 0 Å². The molecule has 4 rings (SSSR count). The van der Waals surface area contributed by atoms with Gasteiger partial charge in [-0.1, -0.05) is 18.2 Å². The first-order valence-electron chi connectivity index (χ1n) is 14.8. The SMILES string of the molecule is Cc1cc(CN2CCN(Cc3cc(C)cc(C(N)=O)c3O)CCN(Cc3cc(C)cc(C(N)=O)c3O)CC2)c(O)c(C(N)=O)c1. The molecule has 9 N–H and O–H groups in total. The Labute approximate surface area is 262 Å². The van der Waals surface area contributed by atoms with Crippen LogP contribution < -0.4 is 17.2 Å². The topological polar surface area (TPSA) is 200 Å². The van der Waals surface area contributed by atoms with Crippen LogP contribution >= 0.6 is 0 Å². The van der Waals surface area contributed by atoms with Gasteiger partial charge in [-0.3, -0.25) is 29.1 Å². The number of aromatic hydroxyl groups is 3. The minimum absolute atomic E-state index is 0.0675. The number of benzene rings is 3. The van der Waals surface area contributed by atoms with Gasteiger partial charge in [0.1, 0.15) is 17.2 Å². The summed E-state index contributed by atoms with van der Waals surface area (Å²) in [5, 5.41) is 32.6. The van der Waals surface area contributed by atoms with E-state index in [1.807, 2.05) is 39.0 Å². The zero-order chi connectivity index (χ0) is 33.0. The van der Waals surface area contributed by atoms with Crippen LogP contribution in [0.5, 0.6) is 17.2 Å². The molecule has 0 unspecified atom stereocenters. The maximum absolute atomic E-state index is 12.0. The van der Waals surface area contributed by atoms with Gasteiger partial charge in [0.05, 0.1) is 16.7 Å². The van der Waals surface area contributed by atoms with E-state index in [1.165, 1.54) is 0 Å². The van der Waals surface area contributed by atoms with Crippen LogP contribution in [0.25, 0.3) is 0 Å². The molecule has 45 heavy (non-hydrogen) atoms. The number of nitrogens with zero attached hydrogens (tertiary/aromatic N) is 3. The van der Waals surface area contributed by atoms with Gasteiger partial charge in [0, 0.05) is 75.6 Å². The lowest BCUT2D eigenvalue weighted by Crippen LogP contribution is -2.35. The fourth-order valence-corrected chi connectivity index (χ4v) is 5.87. The molecular weight excluding hydrogens is 576 g/mol. The molecule has 0 spiro atoms. The Kier molecular flexibility index (Phi) is 10.3. The van der Waals surface area contributed by atoms with Gasteiger partial charge in [0.25, 0.3) is 17.7 Å². The summed E-state index contributed by atoms with van der Waals surface area (Å²) in [7, 11) is 0. The normalized spacial score (nSPS) is 15.3. The van der Waals surface area contributed by atoms with Crippen molar-refractivity contribution in [2.24, 2.45) is 17.2 Å². The lowest BCUT2D eigenvalue weighted by Gasteiger charge is -2.27. The standard InChI is InChI=1S/C33H42N6O6/c1-19-10-22(28(40)25(13-19)31(34)43)16-37-4-6-38(17-23-11-20(2)14-26(29(23)41)32(35)44)8-9-39(7-5-37)18-24-12-21(3)15-27(30(24)42)33(36)45/h10-15,40-42H,4-9,16-18H2,1-3H3,(H2,34,43)(H2,35,44)(H2,36,45). The highest BCUT2D eigenvalue weighted by Crippen LogP contribution is 2.29. The molecular formula is C33H42N6O6. The molecule has 3 aromatic rings. The second-order valence-corrected chi connectivity index (χ2v) is 11.9. The van der Waals surface area contributed by atoms with Crippen LogP contribution in [0.4, 0.5) is 0 Å². The van der Waals surface area contributed by atoms with Crippen LogP contribution in [-0.4, -0.2) is 87.0 Å². The fourth-order valence-electron chi connectivity index (χ4n) is 5.87. The first-order valence-corrected chi connectivity index (χ1v) is 14.8. The number of carbonyl (C=O) groups is 3. The summed E-state index contributed by atoms with van der Waals surface area (Å²) in [6, 6.07) is 10.2. The number of aryl methyl sites for hydroxylation is 3. The second-order valence-electron chi connectivity index (χ2n) is 11.9. The number of hydrogen-bond donors (Lipinski definition) is 6. The lowest BCUT2D eigenvalue weighted by molar-refractivity contribution is 0.0988. The van der Waals surface area contributed by atoms with Crippen LogP contribution in [0, 0.1) is 20.8 Å².